The summed E-state index contributed by atoms with van der Waals surface area (Å²) in [6, 6.07) is -1.85. The van der Waals surface area contributed by atoms with Gasteiger partial charge in [0.15, 0.2) is 12.6 Å². The molecule has 4 fully saturated rings. The fourth-order valence-corrected chi connectivity index (χ4v) is 10.4. The average molecular weight is 857 g/mol. The van der Waals surface area contributed by atoms with Crippen LogP contribution in [-0.2, 0) is 48.4 Å². The number of epoxide rings is 1. The van der Waals surface area contributed by atoms with Crippen LogP contribution in [0.5, 0.6) is 0 Å². The van der Waals surface area contributed by atoms with Crippen LogP contribution in [-0.4, -0.2) is 168 Å². The van der Waals surface area contributed by atoms with E-state index >= 15 is 0 Å². The lowest BCUT2D eigenvalue weighted by molar-refractivity contribution is -0.314. The van der Waals surface area contributed by atoms with Crippen molar-refractivity contribution in [2.24, 2.45) is 17.8 Å². The van der Waals surface area contributed by atoms with Gasteiger partial charge in [0, 0.05) is 39.1 Å². The van der Waals surface area contributed by atoms with Gasteiger partial charge in [0.2, 0.25) is 0 Å². The van der Waals surface area contributed by atoms with Crippen molar-refractivity contribution in [1.82, 2.24) is 9.21 Å². The molecule has 16 nitrogen and oxygen atoms in total. The lowest BCUT2D eigenvalue weighted by Crippen LogP contribution is -2.61. The molecule has 0 aromatic heterocycles. The second kappa shape index (κ2) is 18.7. The number of halogens is 1. The highest BCUT2D eigenvalue weighted by molar-refractivity contribution is 7.83. The lowest BCUT2D eigenvalue weighted by Gasteiger charge is -2.49. The summed E-state index contributed by atoms with van der Waals surface area (Å²) in [4.78, 5) is 16.4. The first kappa shape index (κ1) is 49.5. The van der Waals surface area contributed by atoms with Gasteiger partial charge in [-0.2, -0.15) is 12.7 Å². The predicted octanol–water partition coefficient (Wildman–Crippen LogP) is 2.67. The molecular weight excluding hydrogens is 784 g/mol. The van der Waals surface area contributed by atoms with Crippen molar-refractivity contribution in [2.45, 2.75) is 198 Å². The van der Waals surface area contributed by atoms with Crippen LogP contribution in [0.1, 0.15) is 108 Å². The fraction of sp³-hybridized carbons (Fsp3) is 0.975. The summed E-state index contributed by atoms with van der Waals surface area (Å²) in [7, 11) is -2.61. The number of nitrogens with zero attached hydrogens (tertiary/aromatic N) is 2. The van der Waals surface area contributed by atoms with Crippen LogP contribution < -0.4 is 0 Å². The van der Waals surface area contributed by atoms with Gasteiger partial charge in [0.25, 0.3) is 0 Å². The van der Waals surface area contributed by atoms with Gasteiger partial charge in [-0.15, -0.1) is 0 Å². The summed E-state index contributed by atoms with van der Waals surface area (Å²) in [5, 5.41) is 47.9. The quantitative estimate of drug-likeness (QED) is 0.142. The number of likely N-dealkylation sites (N-methyl/N-ethyl adjacent to an activating group) is 1. The average Bonchev–Trinajstić information content (AvgIpc) is 3.95. The van der Waals surface area contributed by atoms with Crippen LogP contribution in [0.25, 0.3) is 0 Å². The number of methoxy groups -OCH3 is 1. The number of rotatable bonds is 10. The zero-order valence-corrected chi connectivity index (χ0v) is 37.6. The predicted molar refractivity (Wildman–Crippen MR) is 210 cm³/mol. The molecule has 0 aliphatic carbocycles. The van der Waals surface area contributed by atoms with Gasteiger partial charge in [-0.05, 0) is 86.6 Å². The van der Waals surface area contributed by atoms with Crippen molar-refractivity contribution in [3.8, 4) is 0 Å². The maximum Gasteiger partial charge on any atom is 0.374 e. The Balaban J connectivity index is 1.85. The third-order valence-electron chi connectivity index (χ3n) is 13.6. The fourth-order valence-electron chi connectivity index (χ4n) is 9.86. The Kier molecular flexibility index (Phi) is 16.0. The number of aliphatic hydroxyl groups excluding tert-OH is 2. The van der Waals surface area contributed by atoms with Crippen molar-refractivity contribution >= 4 is 16.4 Å². The molecule has 0 unspecified atom stereocenters. The smallest absolute Gasteiger partial charge is 0.374 e. The van der Waals surface area contributed by atoms with Gasteiger partial charge in [0.05, 0.1) is 48.6 Å². The topological polar surface area (TPSA) is 207 Å². The maximum atomic E-state index is 14.4. The van der Waals surface area contributed by atoms with E-state index in [9.17, 15) is 37.5 Å². The van der Waals surface area contributed by atoms with Gasteiger partial charge in [-0.3, -0.25) is 9.69 Å². The normalized spacial score (nSPS) is 48.0. The first-order chi connectivity index (χ1) is 26.7. The highest BCUT2D eigenvalue weighted by atomic mass is 32.3. The molecule has 18 heteroatoms. The third kappa shape index (κ3) is 10.2. The summed E-state index contributed by atoms with van der Waals surface area (Å²) >= 11 is 0. The summed E-state index contributed by atoms with van der Waals surface area (Å²) in [5.41, 5.74) is -5.14. The molecule has 0 amide bonds. The SMILES string of the molecule is CCCN1C[C@H](C)C[C@@](C)(O)[C@H](O[C@@H]2O[C@H](C)C[C@H](N(C)S(=O)(=O)F)[C@H]2O)[C@@H](C)[C@H](O[C@H]2C[C@@](C)(OC)[C@]3(CO3)[C@H](C)O2)[C@@H](C)C(=O)O[C@H](CC)[C@@](C)(O)[C@H](O)[C@H]1C. The van der Waals surface area contributed by atoms with Crippen LogP contribution in [0.2, 0.25) is 0 Å². The summed E-state index contributed by atoms with van der Waals surface area (Å²) in [5.74, 6) is -3.04. The van der Waals surface area contributed by atoms with E-state index in [1.54, 1.807) is 48.7 Å². The Bertz CT molecular complexity index is 1490. The molecule has 18 atom stereocenters. The van der Waals surface area contributed by atoms with E-state index < -0.39 is 118 Å². The van der Waals surface area contributed by atoms with Gasteiger partial charge in [-0.1, -0.05) is 31.6 Å². The molecule has 4 N–H and O–H groups in total. The molecule has 4 rings (SSSR count). The molecule has 4 aliphatic heterocycles. The highest BCUT2D eigenvalue weighted by Gasteiger charge is 2.67. The largest absolute Gasteiger partial charge is 0.459 e. The van der Waals surface area contributed by atoms with E-state index in [0.717, 1.165) is 13.5 Å². The number of hydrogen-bond donors (Lipinski definition) is 4. The Morgan fingerprint density at radius 3 is 2.16 bits per heavy atom. The first-order valence-electron chi connectivity index (χ1n) is 20.9. The van der Waals surface area contributed by atoms with Crippen LogP contribution in [0.3, 0.4) is 0 Å². The van der Waals surface area contributed by atoms with E-state index in [0.29, 0.717) is 24.0 Å². The van der Waals surface area contributed by atoms with Gasteiger partial charge >= 0.3 is 16.4 Å². The number of esters is 1. The minimum atomic E-state index is -5.22. The maximum absolute atomic E-state index is 14.4. The molecule has 58 heavy (non-hydrogen) atoms. The van der Waals surface area contributed by atoms with E-state index in [4.69, 9.17) is 33.2 Å². The minimum absolute atomic E-state index is 0.0384. The molecule has 0 radical (unpaired) electrons. The van der Waals surface area contributed by atoms with E-state index in [1.807, 2.05) is 32.6 Å². The molecular formula is C40H73FN2O14S. The number of cyclic esters (lactones) is 1. The summed E-state index contributed by atoms with van der Waals surface area (Å²) < 4.78 is 82.6. The number of ether oxygens (including phenoxy) is 7. The van der Waals surface area contributed by atoms with Gasteiger partial charge in [0.1, 0.15) is 35.1 Å². The number of carbonyl (C=O) groups excluding carboxylic acids is 1. The van der Waals surface area contributed by atoms with Crippen LogP contribution in [0, 0.1) is 17.8 Å². The molecule has 0 aromatic rings. The monoisotopic (exact) mass is 856 g/mol. The second-order valence-electron chi connectivity index (χ2n) is 18.3. The van der Waals surface area contributed by atoms with Crippen molar-refractivity contribution in [3.05, 3.63) is 0 Å². The molecule has 0 saturated carbocycles. The Labute approximate surface area is 345 Å². The lowest BCUT2D eigenvalue weighted by atomic mass is 9.77. The van der Waals surface area contributed by atoms with Gasteiger partial charge < -0.3 is 53.6 Å². The second-order valence-corrected chi connectivity index (χ2v) is 19.7. The Hall–Kier alpha value is -1.13. The molecule has 1 spiro atoms. The molecule has 0 aromatic carbocycles. The Morgan fingerprint density at radius 2 is 1.62 bits per heavy atom. The van der Waals surface area contributed by atoms with Crippen LogP contribution in [0.4, 0.5) is 3.89 Å². The minimum Gasteiger partial charge on any atom is -0.459 e. The van der Waals surface area contributed by atoms with Crippen molar-refractivity contribution in [2.75, 3.05) is 33.9 Å². The third-order valence-corrected chi connectivity index (χ3v) is 14.5. The molecule has 4 heterocycles. The van der Waals surface area contributed by atoms with Crippen LogP contribution in [0.15, 0.2) is 0 Å². The van der Waals surface area contributed by atoms with Crippen molar-refractivity contribution < 1.29 is 70.7 Å². The van der Waals surface area contributed by atoms with Crippen molar-refractivity contribution in [1.29, 1.82) is 0 Å². The highest BCUT2D eigenvalue weighted by Crippen LogP contribution is 2.51. The number of aliphatic hydroxyl groups is 4. The van der Waals surface area contributed by atoms with E-state index in [2.05, 4.69) is 0 Å². The molecule has 4 saturated heterocycles. The van der Waals surface area contributed by atoms with Crippen LogP contribution >= 0.6 is 0 Å². The molecule has 4 aliphatic rings. The van der Waals surface area contributed by atoms with Gasteiger partial charge in [-0.25, -0.2) is 0 Å². The Morgan fingerprint density at radius 1 is 1.00 bits per heavy atom. The van der Waals surface area contributed by atoms with E-state index in [1.165, 1.54) is 6.92 Å². The standard InChI is InChI=1S/C40H73FN2O14S/c1-14-16-43-20-22(3)18-37(9,47)34(57-36-31(44)28(17-23(4)53-36)42(12)58(41,49)50)24(5)32(56-30-19-38(10,51-13)40(21-52-40)27(8)54-30)25(6)35(46)55-29(15-2)39(11,48)33(45)26(43)7/h22-34,36,44-45,47-48H,14-21H2,1-13H3/t22-,23-,24+,25-,26-,27+,28+,29-,30+,31-,32+,33-,34-,36+,37-,38-,39-,40+/m1/s1. The molecule has 0 bridgehead atoms. The summed E-state index contributed by atoms with van der Waals surface area (Å²) in [6.45, 7) is 20.6. The summed E-state index contributed by atoms with van der Waals surface area (Å²) in [6.07, 6.45) is -9.05. The number of carbonyl (C=O) groups is 1. The zero-order chi connectivity index (χ0) is 43.9. The molecule has 340 valence electrons. The zero-order valence-electron chi connectivity index (χ0n) is 36.8. The first-order valence-corrected chi connectivity index (χ1v) is 22.3. The number of hydrogen-bond acceptors (Lipinski definition) is 15. The van der Waals surface area contributed by atoms with E-state index in [-0.39, 0.29) is 31.6 Å². The van der Waals surface area contributed by atoms with Crippen molar-refractivity contribution in [3.63, 3.8) is 0 Å².